The highest BCUT2D eigenvalue weighted by molar-refractivity contribution is 6.30. The normalized spacial score (nSPS) is 16.8. The first-order valence-corrected chi connectivity index (χ1v) is 8.13. The van der Waals surface area contributed by atoms with Gasteiger partial charge in [0.2, 0.25) is 0 Å². The highest BCUT2D eigenvalue weighted by Gasteiger charge is 2.22. The first-order valence-electron chi connectivity index (χ1n) is 7.75. The minimum atomic E-state index is -0.564. The Bertz CT molecular complexity index is 843. The van der Waals surface area contributed by atoms with Gasteiger partial charge in [-0.2, -0.15) is 5.10 Å². The molecule has 0 radical (unpaired) electrons. The molecule has 6 nitrogen and oxygen atoms in total. The lowest BCUT2D eigenvalue weighted by atomic mass is 10.1. The first-order chi connectivity index (χ1) is 11.6. The van der Waals surface area contributed by atoms with Gasteiger partial charge in [0.25, 0.3) is 11.5 Å². The van der Waals surface area contributed by atoms with E-state index in [0.717, 1.165) is 30.7 Å². The summed E-state index contributed by atoms with van der Waals surface area (Å²) in [4.78, 5) is 29.0. The number of benzene rings is 1. The van der Waals surface area contributed by atoms with Gasteiger partial charge in [-0.15, -0.1) is 0 Å². The largest absolute Gasteiger partial charge is 0.293 e. The molecule has 1 amide bonds. The third-order valence-corrected chi connectivity index (χ3v) is 4.28. The molecule has 1 unspecified atom stereocenters. The first kappa shape index (κ1) is 16.4. The number of nitrogens with one attached hydrogen (secondary N) is 1. The second-order valence-electron chi connectivity index (χ2n) is 5.76. The maximum Gasteiger partial charge on any atom is 0.278 e. The molecule has 2 heterocycles. The zero-order chi connectivity index (χ0) is 17.1. The zero-order valence-corrected chi connectivity index (χ0v) is 14.0. The monoisotopic (exact) mass is 344 g/mol. The van der Waals surface area contributed by atoms with Crippen molar-refractivity contribution >= 4 is 23.7 Å². The molecular formula is C17H17ClN4O2. The van der Waals surface area contributed by atoms with Crippen LogP contribution in [0.2, 0.25) is 5.02 Å². The van der Waals surface area contributed by atoms with Crippen molar-refractivity contribution in [2.45, 2.75) is 32.2 Å². The van der Waals surface area contributed by atoms with Crippen molar-refractivity contribution in [2.24, 2.45) is 5.10 Å². The zero-order valence-electron chi connectivity index (χ0n) is 13.2. The minimum Gasteiger partial charge on any atom is -0.293 e. The summed E-state index contributed by atoms with van der Waals surface area (Å²) in [5.41, 5.74) is 2.84. The molecule has 1 aromatic carbocycles. The molecule has 0 saturated carbocycles. The average Bonchev–Trinajstić information content (AvgIpc) is 2.57. The van der Waals surface area contributed by atoms with Gasteiger partial charge in [-0.3, -0.25) is 14.2 Å². The Morgan fingerprint density at radius 1 is 1.42 bits per heavy atom. The Morgan fingerprint density at radius 2 is 2.17 bits per heavy atom. The molecule has 7 heteroatoms. The quantitative estimate of drug-likeness (QED) is 0.686. The van der Waals surface area contributed by atoms with Gasteiger partial charge >= 0.3 is 0 Å². The van der Waals surface area contributed by atoms with Crippen molar-refractivity contribution in [2.75, 3.05) is 0 Å². The van der Waals surface area contributed by atoms with Crippen molar-refractivity contribution < 1.29 is 4.79 Å². The number of hydrogen-bond acceptors (Lipinski definition) is 4. The van der Waals surface area contributed by atoms with E-state index in [9.17, 15) is 9.59 Å². The van der Waals surface area contributed by atoms with Crippen molar-refractivity contribution in [3.8, 4) is 0 Å². The number of aryl methyl sites for hydroxylation is 1. The number of carbonyl (C=O) groups is 1. The van der Waals surface area contributed by atoms with E-state index < -0.39 is 5.91 Å². The van der Waals surface area contributed by atoms with Crippen LogP contribution in [-0.4, -0.2) is 21.7 Å². The van der Waals surface area contributed by atoms with Gasteiger partial charge in [0.1, 0.15) is 11.4 Å². The van der Waals surface area contributed by atoms with Crippen molar-refractivity contribution in [1.82, 2.24) is 15.0 Å². The third kappa shape index (κ3) is 3.38. The third-order valence-electron chi connectivity index (χ3n) is 4.03. The summed E-state index contributed by atoms with van der Waals surface area (Å²) in [6.07, 6.45) is 5.49. The highest BCUT2D eigenvalue weighted by atomic mass is 35.5. The number of nitrogens with zero attached hydrogens (tertiary/aromatic N) is 3. The molecule has 3 rings (SSSR count). The Hall–Kier alpha value is -2.47. The van der Waals surface area contributed by atoms with E-state index >= 15 is 0 Å². The Labute approximate surface area is 144 Å². The smallest absolute Gasteiger partial charge is 0.278 e. The van der Waals surface area contributed by atoms with Crippen LogP contribution in [0.1, 0.15) is 47.6 Å². The van der Waals surface area contributed by atoms with Crippen LogP contribution in [-0.2, 0) is 6.42 Å². The summed E-state index contributed by atoms with van der Waals surface area (Å²) in [5.74, 6) is 0.172. The van der Waals surface area contributed by atoms with Crippen molar-refractivity contribution in [3.05, 3.63) is 62.8 Å². The van der Waals surface area contributed by atoms with Crippen molar-refractivity contribution in [1.29, 1.82) is 0 Å². The van der Waals surface area contributed by atoms with E-state index in [1.54, 1.807) is 28.8 Å². The maximum atomic E-state index is 12.5. The van der Waals surface area contributed by atoms with Crippen LogP contribution >= 0.6 is 11.6 Å². The summed E-state index contributed by atoms with van der Waals surface area (Å²) >= 11 is 5.81. The van der Waals surface area contributed by atoms with E-state index in [1.807, 2.05) is 6.92 Å². The van der Waals surface area contributed by atoms with Crippen LogP contribution in [0.3, 0.4) is 0 Å². The van der Waals surface area contributed by atoms with E-state index in [1.165, 1.54) is 12.4 Å². The lowest BCUT2D eigenvalue weighted by Gasteiger charge is -2.24. The molecule has 0 saturated heterocycles. The number of rotatable bonds is 3. The standard InChI is InChI=1S/C17H17ClN4O2/c1-11-3-2-4-15-19-10-14(17(24)22(11)15)16(23)21-20-9-12-5-7-13(18)8-6-12/h5-11H,2-4H2,1H3,(H,21,23)/b20-9+. The molecule has 1 atom stereocenters. The number of hydrogen-bond donors (Lipinski definition) is 1. The van der Waals surface area contributed by atoms with Gasteiger partial charge in [0.05, 0.1) is 6.21 Å². The second kappa shape index (κ2) is 6.97. The number of amides is 1. The summed E-state index contributed by atoms with van der Waals surface area (Å²) in [6.45, 7) is 1.96. The number of halogens is 1. The lowest BCUT2D eigenvalue weighted by Crippen LogP contribution is -2.36. The Kier molecular flexibility index (Phi) is 4.76. The molecule has 0 fully saturated rings. The van der Waals surface area contributed by atoms with Crippen LogP contribution in [0.15, 0.2) is 40.4 Å². The number of carbonyl (C=O) groups excluding carboxylic acids is 1. The molecule has 1 N–H and O–H groups in total. The predicted molar refractivity (Wildman–Crippen MR) is 92.7 cm³/mol. The van der Waals surface area contributed by atoms with Crippen LogP contribution < -0.4 is 11.0 Å². The van der Waals surface area contributed by atoms with Crippen LogP contribution in [0.5, 0.6) is 0 Å². The molecule has 1 aromatic heterocycles. The number of fused-ring (bicyclic) bond motifs is 1. The van der Waals surface area contributed by atoms with Crippen molar-refractivity contribution in [3.63, 3.8) is 0 Å². The van der Waals surface area contributed by atoms with Gasteiger partial charge < -0.3 is 0 Å². The maximum absolute atomic E-state index is 12.5. The van der Waals surface area contributed by atoms with Gasteiger partial charge in [-0.1, -0.05) is 23.7 Å². The van der Waals surface area contributed by atoms with E-state index in [-0.39, 0.29) is 17.2 Å². The summed E-state index contributed by atoms with van der Waals surface area (Å²) in [7, 11) is 0. The molecular weight excluding hydrogens is 328 g/mol. The highest BCUT2D eigenvalue weighted by Crippen LogP contribution is 2.20. The Balaban J connectivity index is 1.77. The minimum absolute atomic E-state index is 0.000700. The SMILES string of the molecule is CC1CCCc2ncc(C(=O)N/N=C/c3ccc(Cl)cc3)c(=O)n21. The van der Waals surface area contributed by atoms with Crippen LogP contribution in [0.4, 0.5) is 0 Å². The second-order valence-corrected chi connectivity index (χ2v) is 6.19. The van der Waals surface area contributed by atoms with Crippen LogP contribution in [0, 0.1) is 0 Å². The van der Waals surface area contributed by atoms with Gasteiger partial charge in [0, 0.05) is 23.7 Å². The fourth-order valence-electron chi connectivity index (χ4n) is 2.76. The van der Waals surface area contributed by atoms with E-state index in [2.05, 4.69) is 15.5 Å². The molecule has 1 aliphatic heterocycles. The van der Waals surface area contributed by atoms with E-state index in [4.69, 9.17) is 11.6 Å². The summed E-state index contributed by atoms with van der Waals surface area (Å²) in [5, 5.41) is 4.50. The van der Waals surface area contributed by atoms with Gasteiger partial charge in [-0.25, -0.2) is 10.4 Å². The fourth-order valence-corrected chi connectivity index (χ4v) is 2.88. The molecule has 0 aliphatic carbocycles. The molecule has 0 spiro atoms. The Morgan fingerprint density at radius 3 is 2.92 bits per heavy atom. The number of hydrazone groups is 1. The predicted octanol–water partition coefficient (Wildman–Crippen LogP) is 2.56. The topological polar surface area (TPSA) is 76.3 Å². The fraction of sp³-hybridized carbons (Fsp3) is 0.294. The lowest BCUT2D eigenvalue weighted by molar-refractivity contribution is 0.0952. The molecule has 0 bridgehead atoms. The van der Waals surface area contributed by atoms with E-state index in [0.29, 0.717) is 5.02 Å². The average molecular weight is 345 g/mol. The molecule has 124 valence electrons. The molecule has 1 aliphatic rings. The summed E-state index contributed by atoms with van der Waals surface area (Å²) < 4.78 is 1.61. The van der Waals surface area contributed by atoms with Crippen LogP contribution in [0.25, 0.3) is 0 Å². The summed E-state index contributed by atoms with van der Waals surface area (Å²) in [6, 6.07) is 7.06. The van der Waals surface area contributed by atoms with Gasteiger partial charge in [-0.05, 0) is 37.5 Å². The van der Waals surface area contributed by atoms with Gasteiger partial charge in [0.15, 0.2) is 0 Å². The molecule has 24 heavy (non-hydrogen) atoms. The number of aromatic nitrogens is 2. The molecule has 2 aromatic rings.